The number of β-amino-alcohol motifs (C(OH)–C–C–N with tert-alkyl or cyclic N) is 1. The monoisotopic (exact) mass is 258 g/mol. The summed E-state index contributed by atoms with van der Waals surface area (Å²) in [6, 6.07) is -1.34. The highest BCUT2D eigenvalue weighted by Gasteiger charge is 2.40. The van der Waals surface area contributed by atoms with Gasteiger partial charge in [-0.15, -0.1) is 0 Å². The second-order valence-corrected chi connectivity index (χ2v) is 5.09. The Labute approximate surface area is 107 Å². The van der Waals surface area contributed by atoms with Crippen molar-refractivity contribution in [3.05, 3.63) is 0 Å². The van der Waals surface area contributed by atoms with Crippen LogP contribution in [-0.2, 0) is 4.79 Å². The van der Waals surface area contributed by atoms with Crippen LogP contribution >= 0.6 is 0 Å². The Morgan fingerprint density at radius 3 is 2.39 bits per heavy atom. The van der Waals surface area contributed by atoms with Crippen molar-refractivity contribution in [2.75, 3.05) is 6.54 Å². The third-order valence-electron chi connectivity index (χ3n) is 3.79. The minimum atomic E-state index is -1.07. The van der Waals surface area contributed by atoms with Crippen molar-refractivity contribution < 1.29 is 19.8 Å². The van der Waals surface area contributed by atoms with Gasteiger partial charge >= 0.3 is 12.0 Å². The molecule has 0 aliphatic carbocycles. The predicted octanol–water partition coefficient (Wildman–Crippen LogP) is 0.794. The van der Waals surface area contributed by atoms with E-state index >= 15 is 0 Å². The van der Waals surface area contributed by atoms with E-state index in [1.165, 1.54) is 4.90 Å². The lowest BCUT2D eigenvalue weighted by Gasteiger charge is -2.32. The fourth-order valence-corrected chi connectivity index (χ4v) is 2.03. The van der Waals surface area contributed by atoms with Crippen LogP contribution in [0.25, 0.3) is 0 Å². The minimum Gasteiger partial charge on any atom is -0.480 e. The molecular formula is C12H22N2O4. The normalized spacial score (nSPS) is 24.1. The number of nitrogens with one attached hydrogen (secondary N) is 1. The lowest BCUT2D eigenvalue weighted by Crippen LogP contribution is -2.53. The summed E-state index contributed by atoms with van der Waals surface area (Å²) >= 11 is 0. The van der Waals surface area contributed by atoms with Crippen molar-refractivity contribution in [1.82, 2.24) is 10.2 Å². The van der Waals surface area contributed by atoms with Crippen LogP contribution in [0.5, 0.6) is 0 Å². The van der Waals surface area contributed by atoms with Crippen molar-refractivity contribution in [3.63, 3.8) is 0 Å². The van der Waals surface area contributed by atoms with Gasteiger partial charge in [-0.2, -0.15) is 0 Å². The second-order valence-electron chi connectivity index (χ2n) is 5.09. The fourth-order valence-electron chi connectivity index (χ4n) is 2.03. The Balaban J connectivity index is 2.74. The second kappa shape index (κ2) is 5.56. The van der Waals surface area contributed by atoms with Gasteiger partial charge in [0, 0.05) is 18.5 Å². The molecule has 1 unspecified atom stereocenters. The summed E-state index contributed by atoms with van der Waals surface area (Å²) in [5.74, 6) is -1.07. The van der Waals surface area contributed by atoms with E-state index in [4.69, 9.17) is 5.11 Å². The number of aliphatic hydroxyl groups excluding tert-OH is 1. The number of urea groups is 1. The van der Waals surface area contributed by atoms with Gasteiger partial charge in [-0.1, -0.05) is 13.8 Å². The first-order valence-electron chi connectivity index (χ1n) is 6.32. The van der Waals surface area contributed by atoms with Gasteiger partial charge in [-0.25, -0.2) is 9.59 Å². The first kappa shape index (κ1) is 14.8. The Morgan fingerprint density at radius 1 is 1.39 bits per heavy atom. The molecule has 0 aromatic carbocycles. The van der Waals surface area contributed by atoms with E-state index in [1.54, 1.807) is 0 Å². The van der Waals surface area contributed by atoms with E-state index < -0.39 is 24.1 Å². The number of carboxylic acids is 1. The molecule has 1 heterocycles. The molecule has 3 N–H and O–H groups in total. The SMILES string of the molecule is CCC(C)(CC)NC(=O)N1CC(O)C[C@H]1C(=O)O. The molecule has 104 valence electrons. The van der Waals surface area contributed by atoms with Gasteiger partial charge in [0.2, 0.25) is 0 Å². The number of carboxylic acid groups (broad SMARTS) is 1. The summed E-state index contributed by atoms with van der Waals surface area (Å²) in [6.45, 7) is 5.94. The molecule has 1 aliphatic rings. The average Bonchev–Trinajstić information content (AvgIpc) is 2.71. The van der Waals surface area contributed by atoms with Gasteiger partial charge in [0.1, 0.15) is 6.04 Å². The largest absolute Gasteiger partial charge is 0.480 e. The molecule has 1 aliphatic heterocycles. The maximum atomic E-state index is 12.1. The number of nitrogens with zero attached hydrogens (tertiary/aromatic N) is 1. The van der Waals surface area contributed by atoms with Crippen LogP contribution in [0, 0.1) is 0 Å². The maximum absolute atomic E-state index is 12.1. The molecule has 18 heavy (non-hydrogen) atoms. The van der Waals surface area contributed by atoms with E-state index in [0.717, 1.165) is 12.8 Å². The molecule has 0 saturated carbocycles. The van der Waals surface area contributed by atoms with Crippen LogP contribution in [0.15, 0.2) is 0 Å². The number of aliphatic hydroxyl groups is 1. The Hall–Kier alpha value is -1.30. The number of carbonyl (C=O) groups excluding carboxylic acids is 1. The van der Waals surface area contributed by atoms with Crippen LogP contribution in [0.3, 0.4) is 0 Å². The van der Waals surface area contributed by atoms with Crippen LogP contribution in [0.2, 0.25) is 0 Å². The van der Waals surface area contributed by atoms with Crippen molar-refractivity contribution in [3.8, 4) is 0 Å². The summed E-state index contributed by atoms with van der Waals surface area (Å²) < 4.78 is 0. The molecule has 2 atom stereocenters. The maximum Gasteiger partial charge on any atom is 0.326 e. The molecule has 6 heteroatoms. The average molecular weight is 258 g/mol. The molecule has 1 fully saturated rings. The van der Waals surface area contributed by atoms with E-state index in [2.05, 4.69) is 5.32 Å². The van der Waals surface area contributed by atoms with Gasteiger partial charge in [-0.3, -0.25) is 0 Å². The number of likely N-dealkylation sites (tertiary alicyclic amines) is 1. The fraction of sp³-hybridized carbons (Fsp3) is 0.833. The molecular weight excluding hydrogens is 236 g/mol. The number of aliphatic carboxylic acids is 1. The van der Waals surface area contributed by atoms with E-state index in [0.29, 0.717) is 0 Å². The van der Waals surface area contributed by atoms with Crippen molar-refractivity contribution in [2.24, 2.45) is 0 Å². The van der Waals surface area contributed by atoms with Crippen LogP contribution in [0.1, 0.15) is 40.0 Å². The molecule has 1 rings (SSSR count). The molecule has 6 nitrogen and oxygen atoms in total. The zero-order valence-electron chi connectivity index (χ0n) is 11.1. The molecule has 0 radical (unpaired) electrons. The molecule has 0 aromatic rings. The Bertz CT molecular complexity index is 328. The lowest BCUT2D eigenvalue weighted by molar-refractivity contribution is -0.141. The first-order chi connectivity index (χ1) is 8.33. The summed E-state index contributed by atoms with van der Waals surface area (Å²) in [4.78, 5) is 24.3. The van der Waals surface area contributed by atoms with Gasteiger partial charge in [0.15, 0.2) is 0 Å². The first-order valence-corrected chi connectivity index (χ1v) is 6.32. The van der Waals surface area contributed by atoms with Gasteiger partial charge in [0.25, 0.3) is 0 Å². The van der Waals surface area contributed by atoms with Gasteiger partial charge in [0.05, 0.1) is 6.10 Å². The van der Waals surface area contributed by atoms with Crippen LogP contribution < -0.4 is 5.32 Å². The van der Waals surface area contributed by atoms with E-state index in [1.807, 2.05) is 20.8 Å². The number of hydrogen-bond acceptors (Lipinski definition) is 3. The van der Waals surface area contributed by atoms with Crippen LogP contribution in [-0.4, -0.2) is 51.3 Å². The lowest BCUT2D eigenvalue weighted by atomic mass is 9.96. The van der Waals surface area contributed by atoms with Crippen molar-refractivity contribution in [2.45, 2.75) is 57.7 Å². The third-order valence-corrected chi connectivity index (χ3v) is 3.79. The van der Waals surface area contributed by atoms with Crippen molar-refractivity contribution in [1.29, 1.82) is 0 Å². The summed E-state index contributed by atoms with van der Waals surface area (Å²) in [5, 5.41) is 21.4. The van der Waals surface area contributed by atoms with Gasteiger partial charge in [-0.05, 0) is 19.8 Å². The quantitative estimate of drug-likeness (QED) is 0.695. The number of hydrogen-bond donors (Lipinski definition) is 3. The third kappa shape index (κ3) is 3.13. The highest BCUT2D eigenvalue weighted by Crippen LogP contribution is 2.20. The molecule has 0 bridgehead atoms. The van der Waals surface area contributed by atoms with E-state index in [-0.39, 0.29) is 18.5 Å². The summed E-state index contributed by atoms with van der Waals surface area (Å²) in [7, 11) is 0. The molecule has 1 saturated heterocycles. The van der Waals surface area contributed by atoms with Crippen LogP contribution in [0.4, 0.5) is 4.79 Å². The summed E-state index contributed by atoms with van der Waals surface area (Å²) in [5.41, 5.74) is -0.340. The Morgan fingerprint density at radius 2 is 1.94 bits per heavy atom. The zero-order chi connectivity index (χ0) is 13.9. The zero-order valence-corrected chi connectivity index (χ0v) is 11.1. The molecule has 0 spiro atoms. The highest BCUT2D eigenvalue weighted by molar-refractivity contribution is 5.83. The summed E-state index contributed by atoms with van der Waals surface area (Å²) in [6.07, 6.45) is 0.871. The Kier molecular flexibility index (Phi) is 4.56. The topological polar surface area (TPSA) is 89.9 Å². The number of amides is 2. The number of rotatable bonds is 4. The van der Waals surface area contributed by atoms with Crippen molar-refractivity contribution >= 4 is 12.0 Å². The predicted molar refractivity (Wildman–Crippen MR) is 66.3 cm³/mol. The number of carbonyl (C=O) groups is 2. The van der Waals surface area contributed by atoms with E-state index in [9.17, 15) is 14.7 Å². The molecule has 0 aromatic heterocycles. The standard InChI is InChI=1S/C12H22N2O4/c1-4-12(3,5-2)13-11(18)14-7-8(15)6-9(14)10(16)17/h8-9,15H,4-7H2,1-3H3,(H,13,18)(H,16,17)/t8?,9-/m0/s1. The smallest absolute Gasteiger partial charge is 0.326 e. The highest BCUT2D eigenvalue weighted by atomic mass is 16.4. The van der Waals surface area contributed by atoms with Gasteiger partial charge < -0.3 is 20.4 Å². The minimum absolute atomic E-state index is 0.0757. The molecule has 2 amide bonds.